The molecule has 5 rings (SSSR count). The molecule has 6 nitrogen and oxygen atoms in total. The first kappa shape index (κ1) is 19.8. The van der Waals surface area contributed by atoms with Gasteiger partial charge in [0.15, 0.2) is 0 Å². The molecule has 0 N–H and O–H groups in total. The van der Waals surface area contributed by atoms with Gasteiger partial charge >= 0.3 is 5.97 Å². The van der Waals surface area contributed by atoms with Crippen LogP contribution in [0.3, 0.4) is 0 Å². The summed E-state index contributed by atoms with van der Waals surface area (Å²) < 4.78 is 5.87. The minimum atomic E-state index is -0.0583. The minimum absolute atomic E-state index is 0.0583. The van der Waals surface area contributed by atoms with Crippen molar-refractivity contribution >= 4 is 22.7 Å². The highest BCUT2D eigenvalue weighted by atomic mass is 16.5. The summed E-state index contributed by atoms with van der Waals surface area (Å²) in [5.41, 5.74) is 2.30. The van der Waals surface area contributed by atoms with Gasteiger partial charge in [-0.3, -0.25) is 9.69 Å². The summed E-state index contributed by atoms with van der Waals surface area (Å²) in [7, 11) is 2.21. The summed E-state index contributed by atoms with van der Waals surface area (Å²) in [6.07, 6.45) is 4.61. The average Bonchev–Trinajstić information content (AvgIpc) is 2.95. The number of nitrogens with zero attached hydrogens (tertiary/aromatic N) is 4. The van der Waals surface area contributed by atoms with Crippen LogP contribution in [-0.2, 0) is 9.53 Å². The van der Waals surface area contributed by atoms with Crippen LogP contribution < -0.4 is 4.90 Å². The normalized spacial score (nSPS) is 27.5. The highest BCUT2D eigenvalue weighted by Crippen LogP contribution is 2.35. The Morgan fingerprint density at radius 1 is 1.10 bits per heavy atom. The lowest BCUT2D eigenvalue weighted by Gasteiger charge is -2.37. The number of hydrogen-bond donors (Lipinski definition) is 0. The third-order valence-corrected chi connectivity index (χ3v) is 7.31. The van der Waals surface area contributed by atoms with Crippen molar-refractivity contribution in [2.75, 3.05) is 44.7 Å². The number of aromatic nitrogens is 1. The van der Waals surface area contributed by atoms with Crippen LogP contribution in [0.25, 0.3) is 10.9 Å². The van der Waals surface area contributed by atoms with Crippen LogP contribution in [0.1, 0.15) is 31.2 Å². The fourth-order valence-corrected chi connectivity index (χ4v) is 5.49. The standard InChI is InChI=1S/C24H32N4O2/c1-17-13-23(25-22-6-4-3-5-21(17)22)28-11-9-27(10-12-28)16-24(29)30-20-14-18-7-8-19(15-20)26(18)2/h3-6,13,18-20H,7-12,14-16H2,1-2H3/t18-,19+,20?. The molecule has 3 saturated heterocycles. The molecule has 2 aromatic rings. The number of carbonyl (C=O) groups is 1. The van der Waals surface area contributed by atoms with Crippen molar-refractivity contribution in [1.29, 1.82) is 0 Å². The Kier molecular flexibility index (Phi) is 5.37. The maximum absolute atomic E-state index is 12.5. The van der Waals surface area contributed by atoms with E-state index in [1.807, 2.05) is 6.07 Å². The molecule has 1 aromatic heterocycles. The second-order valence-electron chi connectivity index (χ2n) is 9.21. The third kappa shape index (κ3) is 3.91. The van der Waals surface area contributed by atoms with Gasteiger partial charge in [0.2, 0.25) is 0 Å². The van der Waals surface area contributed by atoms with E-state index in [1.54, 1.807) is 0 Å². The highest BCUT2D eigenvalue weighted by Gasteiger charge is 2.40. The largest absolute Gasteiger partial charge is 0.461 e. The van der Waals surface area contributed by atoms with Crippen molar-refractivity contribution in [3.8, 4) is 0 Å². The number of pyridine rings is 1. The molecule has 0 spiro atoms. The number of ether oxygens (including phenoxy) is 1. The van der Waals surface area contributed by atoms with E-state index in [9.17, 15) is 4.79 Å². The zero-order chi connectivity index (χ0) is 20.7. The van der Waals surface area contributed by atoms with Crippen LogP contribution in [0.15, 0.2) is 30.3 Å². The Bertz CT molecular complexity index is 911. The number of anilines is 1. The van der Waals surface area contributed by atoms with E-state index < -0.39 is 0 Å². The molecule has 3 aliphatic rings. The molecule has 0 saturated carbocycles. The summed E-state index contributed by atoms with van der Waals surface area (Å²) in [6.45, 7) is 6.05. The van der Waals surface area contributed by atoms with Crippen LogP contribution in [0.2, 0.25) is 0 Å². The topological polar surface area (TPSA) is 48.9 Å². The van der Waals surface area contributed by atoms with Crippen LogP contribution in [0.5, 0.6) is 0 Å². The Labute approximate surface area is 178 Å². The van der Waals surface area contributed by atoms with Crippen molar-refractivity contribution in [2.24, 2.45) is 0 Å². The maximum Gasteiger partial charge on any atom is 0.320 e. The smallest absolute Gasteiger partial charge is 0.320 e. The van der Waals surface area contributed by atoms with Crippen molar-refractivity contribution in [1.82, 2.24) is 14.8 Å². The number of piperidine rings is 1. The average molecular weight is 409 g/mol. The van der Waals surface area contributed by atoms with E-state index in [0.29, 0.717) is 18.6 Å². The van der Waals surface area contributed by atoms with Gasteiger partial charge in [0.1, 0.15) is 11.9 Å². The molecule has 1 unspecified atom stereocenters. The van der Waals surface area contributed by atoms with Crippen LogP contribution in [0, 0.1) is 6.92 Å². The second-order valence-corrected chi connectivity index (χ2v) is 9.21. The minimum Gasteiger partial charge on any atom is -0.461 e. The number of benzene rings is 1. The zero-order valence-corrected chi connectivity index (χ0v) is 18.1. The second kappa shape index (κ2) is 8.16. The van der Waals surface area contributed by atoms with Gasteiger partial charge in [0.25, 0.3) is 0 Å². The predicted octanol–water partition coefficient (Wildman–Crippen LogP) is 2.83. The van der Waals surface area contributed by atoms with Crippen LogP contribution in [-0.4, -0.2) is 78.7 Å². The van der Waals surface area contributed by atoms with E-state index in [1.165, 1.54) is 23.8 Å². The number of rotatable bonds is 4. The molecule has 1 aromatic carbocycles. The van der Waals surface area contributed by atoms with Gasteiger partial charge in [-0.2, -0.15) is 0 Å². The van der Waals surface area contributed by atoms with Crippen LogP contribution in [0.4, 0.5) is 5.82 Å². The molecule has 30 heavy (non-hydrogen) atoms. The van der Waals surface area contributed by atoms with E-state index in [2.05, 4.69) is 52.9 Å². The molecule has 0 amide bonds. The van der Waals surface area contributed by atoms with Gasteiger partial charge in [0, 0.05) is 43.6 Å². The van der Waals surface area contributed by atoms with E-state index in [-0.39, 0.29) is 12.1 Å². The first-order valence-electron chi connectivity index (χ1n) is 11.3. The fourth-order valence-electron chi connectivity index (χ4n) is 5.49. The van der Waals surface area contributed by atoms with Crippen molar-refractivity contribution in [2.45, 2.75) is 50.8 Å². The molecule has 2 bridgehead atoms. The summed E-state index contributed by atoms with van der Waals surface area (Å²) in [6, 6.07) is 11.7. The van der Waals surface area contributed by atoms with Gasteiger partial charge < -0.3 is 14.5 Å². The summed E-state index contributed by atoms with van der Waals surface area (Å²) in [5, 5.41) is 1.21. The van der Waals surface area contributed by atoms with Crippen LogP contribution >= 0.6 is 0 Å². The molecule has 4 heterocycles. The van der Waals surface area contributed by atoms with Gasteiger partial charge in [0.05, 0.1) is 12.1 Å². The Hall–Kier alpha value is -2.18. The Balaban J connectivity index is 1.13. The molecule has 0 radical (unpaired) electrons. The lowest BCUT2D eigenvalue weighted by Crippen LogP contribution is -2.49. The molecule has 3 atom stereocenters. The first-order chi connectivity index (χ1) is 14.6. The summed E-state index contributed by atoms with van der Waals surface area (Å²) in [5.74, 6) is 0.979. The van der Waals surface area contributed by atoms with E-state index in [4.69, 9.17) is 9.72 Å². The lowest BCUT2D eigenvalue weighted by molar-refractivity contribution is -0.153. The quantitative estimate of drug-likeness (QED) is 0.725. The number of carbonyl (C=O) groups excluding carboxylic acids is 1. The number of para-hydroxylation sites is 1. The monoisotopic (exact) mass is 408 g/mol. The zero-order valence-electron chi connectivity index (χ0n) is 18.1. The molecule has 6 heteroatoms. The number of aryl methyl sites for hydroxylation is 1. The molecular formula is C24H32N4O2. The number of fused-ring (bicyclic) bond motifs is 3. The van der Waals surface area contributed by atoms with Crippen molar-refractivity contribution < 1.29 is 9.53 Å². The molecular weight excluding hydrogens is 376 g/mol. The van der Waals surface area contributed by atoms with Gasteiger partial charge in [-0.15, -0.1) is 0 Å². The molecule has 3 fully saturated rings. The van der Waals surface area contributed by atoms with Gasteiger partial charge in [-0.25, -0.2) is 4.98 Å². The Morgan fingerprint density at radius 2 is 1.80 bits per heavy atom. The van der Waals surface area contributed by atoms with Gasteiger partial charge in [-0.05, 0) is 57.4 Å². The maximum atomic E-state index is 12.5. The van der Waals surface area contributed by atoms with Gasteiger partial charge in [-0.1, -0.05) is 18.2 Å². The van der Waals surface area contributed by atoms with Crippen molar-refractivity contribution in [3.05, 3.63) is 35.9 Å². The number of hydrogen-bond acceptors (Lipinski definition) is 6. The number of piperazine rings is 1. The van der Waals surface area contributed by atoms with Crippen molar-refractivity contribution in [3.63, 3.8) is 0 Å². The fraction of sp³-hybridized carbons (Fsp3) is 0.583. The molecule has 0 aliphatic carbocycles. The molecule has 160 valence electrons. The lowest BCUT2D eigenvalue weighted by atomic mass is 10.0. The summed E-state index contributed by atoms with van der Waals surface area (Å²) in [4.78, 5) is 24.4. The SMILES string of the molecule is Cc1cc(N2CCN(CC(=O)OC3C[C@H]4CC[C@@H](C3)N4C)CC2)nc2ccccc12. The summed E-state index contributed by atoms with van der Waals surface area (Å²) >= 11 is 0. The Morgan fingerprint density at radius 3 is 2.53 bits per heavy atom. The number of esters is 1. The van der Waals surface area contributed by atoms with E-state index >= 15 is 0 Å². The highest BCUT2D eigenvalue weighted by molar-refractivity contribution is 5.83. The van der Waals surface area contributed by atoms with E-state index in [0.717, 1.165) is 50.4 Å². The first-order valence-corrected chi connectivity index (χ1v) is 11.3. The predicted molar refractivity (Wildman–Crippen MR) is 119 cm³/mol. The third-order valence-electron chi connectivity index (χ3n) is 7.31. The molecule has 3 aliphatic heterocycles.